The number of benzene rings is 2. The van der Waals surface area contributed by atoms with E-state index in [1.165, 1.54) is 6.07 Å². The molecule has 1 heterocycles. The van der Waals surface area contributed by atoms with Crippen LogP contribution in [0.2, 0.25) is 0 Å². The van der Waals surface area contributed by atoms with Crippen molar-refractivity contribution >= 4 is 38.4 Å². The zero-order valence-electron chi connectivity index (χ0n) is 15.5. The first-order chi connectivity index (χ1) is 12.8. The third-order valence-electron chi connectivity index (χ3n) is 4.49. The van der Waals surface area contributed by atoms with Crippen molar-refractivity contribution in [2.75, 3.05) is 18.1 Å². The lowest BCUT2D eigenvalue weighted by atomic mass is 10.1. The van der Waals surface area contributed by atoms with Gasteiger partial charge in [-0.1, -0.05) is 12.1 Å². The van der Waals surface area contributed by atoms with Crippen molar-refractivity contribution < 1.29 is 22.7 Å². The largest absolute Gasteiger partial charge is 0.466 e. The molecule has 1 N–H and O–H groups in total. The van der Waals surface area contributed by atoms with E-state index in [9.17, 15) is 18.0 Å². The van der Waals surface area contributed by atoms with E-state index in [2.05, 4.69) is 4.72 Å². The van der Waals surface area contributed by atoms with Crippen LogP contribution in [-0.2, 0) is 19.6 Å². The molecule has 1 aliphatic rings. The second-order valence-corrected chi connectivity index (χ2v) is 8.07. The van der Waals surface area contributed by atoms with Crippen LogP contribution in [-0.4, -0.2) is 39.5 Å². The molecule has 1 aliphatic heterocycles. The van der Waals surface area contributed by atoms with Crippen molar-refractivity contribution in [3.8, 4) is 0 Å². The highest BCUT2D eigenvalue weighted by molar-refractivity contribution is 7.89. The Morgan fingerprint density at radius 1 is 1.22 bits per heavy atom. The van der Waals surface area contributed by atoms with Crippen LogP contribution in [0.1, 0.15) is 37.6 Å². The van der Waals surface area contributed by atoms with Crippen LogP contribution in [0.25, 0.3) is 10.8 Å². The van der Waals surface area contributed by atoms with Gasteiger partial charge in [-0.2, -0.15) is 0 Å². The molecule has 144 valence electrons. The van der Waals surface area contributed by atoms with Gasteiger partial charge in [-0.05, 0) is 39.0 Å². The normalized spacial score (nSPS) is 14.6. The van der Waals surface area contributed by atoms with E-state index in [1.54, 1.807) is 43.0 Å². The summed E-state index contributed by atoms with van der Waals surface area (Å²) in [5.74, 6) is -0.589. The number of hydrogen-bond acceptors (Lipinski definition) is 5. The Labute approximate surface area is 158 Å². The molecule has 8 heteroatoms. The second kappa shape index (κ2) is 7.28. The Morgan fingerprint density at radius 3 is 2.63 bits per heavy atom. The Hall–Kier alpha value is -2.45. The lowest BCUT2D eigenvalue weighted by molar-refractivity contribution is -0.143. The van der Waals surface area contributed by atoms with Crippen molar-refractivity contribution in [3.05, 3.63) is 35.9 Å². The van der Waals surface area contributed by atoms with E-state index in [0.29, 0.717) is 28.6 Å². The maximum absolute atomic E-state index is 12.9. The average molecular weight is 390 g/mol. The van der Waals surface area contributed by atoms with E-state index in [0.717, 1.165) is 0 Å². The predicted molar refractivity (Wildman–Crippen MR) is 102 cm³/mol. The summed E-state index contributed by atoms with van der Waals surface area (Å²) in [7, 11) is -3.88. The molecule has 7 nitrogen and oxygen atoms in total. The minimum atomic E-state index is -3.88. The van der Waals surface area contributed by atoms with Gasteiger partial charge in [0.2, 0.25) is 10.0 Å². The van der Waals surface area contributed by atoms with E-state index < -0.39 is 22.0 Å². The van der Waals surface area contributed by atoms with Gasteiger partial charge in [0, 0.05) is 28.9 Å². The number of ether oxygens (including phenoxy) is 1. The minimum Gasteiger partial charge on any atom is -0.466 e. The van der Waals surface area contributed by atoms with Crippen molar-refractivity contribution in [1.82, 2.24) is 4.72 Å². The van der Waals surface area contributed by atoms with Crippen molar-refractivity contribution in [2.45, 2.75) is 38.1 Å². The molecule has 3 rings (SSSR count). The number of carbonyl (C=O) groups is 2. The summed E-state index contributed by atoms with van der Waals surface area (Å²) in [5.41, 5.74) is 1.22. The maximum atomic E-state index is 12.9. The zero-order chi connectivity index (χ0) is 19.8. The molecular formula is C19H22N2O5S. The molecule has 2 aromatic carbocycles. The first kappa shape index (κ1) is 19.3. The topological polar surface area (TPSA) is 92.8 Å². The number of rotatable bonds is 7. The van der Waals surface area contributed by atoms with Gasteiger partial charge in [-0.3, -0.25) is 9.59 Å². The summed E-state index contributed by atoms with van der Waals surface area (Å²) in [6.45, 7) is 5.93. The summed E-state index contributed by atoms with van der Waals surface area (Å²) < 4.78 is 33.2. The summed E-state index contributed by atoms with van der Waals surface area (Å²) in [4.78, 5) is 25.8. The first-order valence-electron chi connectivity index (χ1n) is 8.85. The van der Waals surface area contributed by atoms with E-state index in [-0.39, 0.29) is 23.8 Å². The van der Waals surface area contributed by atoms with E-state index >= 15 is 0 Å². The van der Waals surface area contributed by atoms with Crippen LogP contribution in [0.15, 0.2) is 35.2 Å². The van der Waals surface area contributed by atoms with Gasteiger partial charge in [-0.15, -0.1) is 0 Å². The highest BCUT2D eigenvalue weighted by Crippen LogP contribution is 2.39. The predicted octanol–water partition coefficient (Wildman–Crippen LogP) is 2.44. The molecule has 1 atom stereocenters. The van der Waals surface area contributed by atoms with Gasteiger partial charge < -0.3 is 9.64 Å². The molecule has 2 aromatic rings. The lowest BCUT2D eigenvalue weighted by Gasteiger charge is -2.17. The molecule has 27 heavy (non-hydrogen) atoms. The Bertz CT molecular complexity index is 1020. The van der Waals surface area contributed by atoms with E-state index in [1.807, 2.05) is 6.92 Å². The number of hydrogen-bond donors (Lipinski definition) is 1. The molecule has 0 radical (unpaired) electrons. The molecule has 0 spiro atoms. The third kappa shape index (κ3) is 3.42. The third-order valence-corrected chi connectivity index (χ3v) is 6.13. The Kier molecular flexibility index (Phi) is 5.21. The summed E-state index contributed by atoms with van der Waals surface area (Å²) >= 11 is 0. The van der Waals surface area contributed by atoms with Gasteiger partial charge in [0.15, 0.2) is 0 Å². The number of anilines is 1. The fraction of sp³-hybridized carbons (Fsp3) is 0.368. The van der Waals surface area contributed by atoms with Crippen LogP contribution in [0.3, 0.4) is 0 Å². The highest BCUT2D eigenvalue weighted by atomic mass is 32.2. The number of nitrogens with one attached hydrogen (secondary N) is 1. The van der Waals surface area contributed by atoms with Crippen LogP contribution in [0.4, 0.5) is 5.69 Å². The van der Waals surface area contributed by atoms with Crippen molar-refractivity contribution in [1.29, 1.82) is 0 Å². The van der Waals surface area contributed by atoms with Crippen LogP contribution in [0.5, 0.6) is 0 Å². The van der Waals surface area contributed by atoms with Crippen LogP contribution >= 0.6 is 0 Å². The van der Waals surface area contributed by atoms with Gasteiger partial charge in [-0.25, -0.2) is 13.1 Å². The smallest absolute Gasteiger partial charge is 0.307 e. The van der Waals surface area contributed by atoms with Gasteiger partial charge >= 0.3 is 5.97 Å². The molecule has 1 amide bonds. The second-order valence-electron chi connectivity index (χ2n) is 6.39. The molecule has 0 saturated heterocycles. The quantitative estimate of drug-likeness (QED) is 0.733. The number of sulfonamides is 1. The Balaban J connectivity index is 2.00. The molecular weight excluding hydrogens is 368 g/mol. The Morgan fingerprint density at radius 2 is 1.96 bits per heavy atom. The fourth-order valence-corrected chi connectivity index (χ4v) is 4.85. The molecule has 0 aliphatic carbocycles. The first-order valence-corrected chi connectivity index (χ1v) is 10.3. The number of nitrogens with zero attached hydrogens (tertiary/aromatic N) is 1. The minimum absolute atomic E-state index is 0.0591. The van der Waals surface area contributed by atoms with Crippen LogP contribution < -0.4 is 9.62 Å². The van der Waals surface area contributed by atoms with Crippen molar-refractivity contribution in [3.63, 3.8) is 0 Å². The van der Waals surface area contributed by atoms with Gasteiger partial charge in [0.05, 0.1) is 23.6 Å². The number of carbonyl (C=O) groups excluding carboxylic acids is 2. The van der Waals surface area contributed by atoms with Gasteiger partial charge in [0.25, 0.3) is 5.91 Å². The highest BCUT2D eigenvalue weighted by Gasteiger charge is 2.31. The van der Waals surface area contributed by atoms with Crippen molar-refractivity contribution in [2.24, 2.45) is 0 Å². The van der Waals surface area contributed by atoms with Gasteiger partial charge in [0.1, 0.15) is 0 Å². The summed E-state index contributed by atoms with van der Waals surface area (Å²) in [6.07, 6.45) is -0.0591. The summed E-state index contributed by atoms with van der Waals surface area (Å²) in [5, 5.41) is 1.13. The average Bonchev–Trinajstić information content (AvgIpc) is 2.88. The molecule has 0 saturated carbocycles. The lowest BCUT2D eigenvalue weighted by Crippen LogP contribution is -2.34. The number of esters is 1. The fourth-order valence-electron chi connectivity index (χ4n) is 3.41. The summed E-state index contributed by atoms with van der Waals surface area (Å²) in [6, 6.07) is 7.62. The molecule has 0 fully saturated rings. The zero-order valence-corrected chi connectivity index (χ0v) is 16.3. The monoisotopic (exact) mass is 390 g/mol. The maximum Gasteiger partial charge on any atom is 0.307 e. The SMILES string of the molecule is CCOC(=O)CC(C)NS(=O)(=O)c1ccc2c3c(cccc13)C(=O)N2CC. The molecule has 0 bridgehead atoms. The van der Waals surface area contributed by atoms with E-state index in [4.69, 9.17) is 4.74 Å². The molecule has 1 unspecified atom stereocenters. The standard InChI is InChI=1S/C19H22N2O5S/c1-4-21-15-9-10-16(13-7-6-8-14(18(13)15)19(21)23)27(24,25)20-12(3)11-17(22)26-5-2/h6-10,12,20H,4-5,11H2,1-3H3. The number of amides is 1. The molecule has 0 aromatic heterocycles. The van der Waals surface area contributed by atoms with Crippen LogP contribution in [0, 0.1) is 0 Å².